The summed E-state index contributed by atoms with van der Waals surface area (Å²) >= 11 is 0. The van der Waals surface area contributed by atoms with Gasteiger partial charge in [-0.25, -0.2) is 4.79 Å². The van der Waals surface area contributed by atoms with E-state index in [4.69, 9.17) is 5.11 Å². The van der Waals surface area contributed by atoms with Crippen LogP contribution in [0.25, 0.3) is 0 Å². The number of carboxylic acid groups (broad SMARTS) is 1. The van der Waals surface area contributed by atoms with Gasteiger partial charge in [0.15, 0.2) is 0 Å². The predicted molar refractivity (Wildman–Crippen MR) is 67.8 cm³/mol. The number of carboxylic acids is 1. The maximum Gasteiger partial charge on any atom is 0.335 e. The van der Waals surface area contributed by atoms with Crippen molar-refractivity contribution in [1.29, 1.82) is 0 Å². The molecule has 4 nitrogen and oxygen atoms in total. The van der Waals surface area contributed by atoms with Crippen molar-refractivity contribution >= 4 is 11.7 Å². The number of aryl methyl sites for hydroxylation is 1. The molecule has 0 saturated carbocycles. The second-order valence-electron chi connectivity index (χ2n) is 4.60. The van der Waals surface area contributed by atoms with Crippen LogP contribution in [0, 0.1) is 6.92 Å². The topological polar surface area (TPSA) is 43.8 Å². The van der Waals surface area contributed by atoms with Gasteiger partial charge in [-0.1, -0.05) is 0 Å². The molecule has 1 N–H and O–H groups in total. The molecule has 0 bridgehead atoms. The first kappa shape index (κ1) is 11.9. The van der Waals surface area contributed by atoms with E-state index in [-0.39, 0.29) is 0 Å². The lowest BCUT2D eigenvalue weighted by Gasteiger charge is -2.35. The fourth-order valence-corrected chi connectivity index (χ4v) is 2.19. The minimum absolute atomic E-state index is 0.361. The van der Waals surface area contributed by atoms with Crippen LogP contribution in [0.2, 0.25) is 0 Å². The highest BCUT2D eigenvalue weighted by molar-refractivity contribution is 5.88. The van der Waals surface area contributed by atoms with Crippen LogP contribution in [-0.4, -0.2) is 49.2 Å². The van der Waals surface area contributed by atoms with Crippen molar-refractivity contribution < 1.29 is 9.90 Å². The summed E-state index contributed by atoms with van der Waals surface area (Å²) in [5.41, 5.74) is 2.55. The molecule has 1 aromatic rings. The number of nitrogens with zero attached hydrogens (tertiary/aromatic N) is 2. The Kier molecular flexibility index (Phi) is 3.33. The Labute approximate surface area is 101 Å². The lowest BCUT2D eigenvalue weighted by Crippen LogP contribution is -2.44. The van der Waals surface area contributed by atoms with Crippen LogP contribution >= 0.6 is 0 Å². The summed E-state index contributed by atoms with van der Waals surface area (Å²) < 4.78 is 0. The Morgan fingerprint density at radius 2 is 1.88 bits per heavy atom. The van der Waals surface area contributed by atoms with Gasteiger partial charge >= 0.3 is 5.97 Å². The molecule has 0 aromatic heterocycles. The monoisotopic (exact) mass is 234 g/mol. The first-order valence-electron chi connectivity index (χ1n) is 5.85. The molecule has 1 fully saturated rings. The number of likely N-dealkylation sites (N-methyl/N-ethyl adjacent to an activating group) is 1. The van der Waals surface area contributed by atoms with Crippen molar-refractivity contribution in [2.24, 2.45) is 0 Å². The van der Waals surface area contributed by atoms with Crippen molar-refractivity contribution in [3.8, 4) is 0 Å². The molecule has 0 radical (unpaired) electrons. The molecular formula is C13H18N2O2. The zero-order chi connectivity index (χ0) is 12.4. The summed E-state index contributed by atoms with van der Waals surface area (Å²) in [5.74, 6) is -0.863. The second-order valence-corrected chi connectivity index (χ2v) is 4.60. The van der Waals surface area contributed by atoms with Crippen LogP contribution in [0.5, 0.6) is 0 Å². The summed E-state index contributed by atoms with van der Waals surface area (Å²) in [6, 6.07) is 5.35. The molecule has 1 saturated heterocycles. The van der Waals surface area contributed by atoms with Crippen LogP contribution in [0.4, 0.5) is 5.69 Å². The van der Waals surface area contributed by atoms with E-state index in [0.717, 1.165) is 37.4 Å². The highest BCUT2D eigenvalue weighted by Gasteiger charge is 2.16. The normalized spacial score (nSPS) is 17.2. The molecule has 0 atom stereocenters. The molecule has 17 heavy (non-hydrogen) atoms. The van der Waals surface area contributed by atoms with Crippen molar-refractivity contribution in [2.45, 2.75) is 6.92 Å². The number of anilines is 1. The molecule has 1 aliphatic heterocycles. The van der Waals surface area contributed by atoms with Crippen LogP contribution in [0.3, 0.4) is 0 Å². The standard InChI is InChI=1S/C13H18N2O2/c1-10-9-11(13(16)17)3-4-12(10)15-7-5-14(2)6-8-15/h3-4,9H,5-8H2,1-2H3,(H,16,17). The van der Waals surface area contributed by atoms with E-state index >= 15 is 0 Å². The molecule has 1 aliphatic rings. The molecule has 0 amide bonds. The van der Waals surface area contributed by atoms with Crippen LogP contribution in [-0.2, 0) is 0 Å². The van der Waals surface area contributed by atoms with Gasteiger partial charge < -0.3 is 14.9 Å². The summed E-state index contributed by atoms with van der Waals surface area (Å²) in [6.45, 7) is 6.09. The number of aromatic carboxylic acids is 1. The SMILES string of the molecule is Cc1cc(C(=O)O)ccc1N1CCN(C)CC1. The number of rotatable bonds is 2. The van der Waals surface area contributed by atoms with E-state index in [9.17, 15) is 4.79 Å². The third-order valence-electron chi connectivity index (χ3n) is 3.29. The zero-order valence-electron chi connectivity index (χ0n) is 10.3. The Balaban J connectivity index is 2.19. The van der Waals surface area contributed by atoms with Gasteiger partial charge in [-0.15, -0.1) is 0 Å². The Morgan fingerprint density at radius 1 is 1.24 bits per heavy atom. The number of piperazine rings is 1. The summed E-state index contributed by atoms with van der Waals surface area (Å²) in [4.78, 5) is 15.5. The minimum atomic E-state index is -0.863. The first-order valence-corrected chi connectivity index (χ1v) is 5.85. The van der Waals surface area contributed by atoms with Gasteiger partial charge in [0.2, 0.25) is 0 Å². The van der Waals surface area contributed by atoms with E-state index in [1.807, 2.05) is 13.0 Å². The van der Waals surface area contributed by atoms with E-state index < -0.39 is 5.97 Å². The van der Waals surface area contributed by atoms with E-state index in [0.29, 0.717) is 5.56 Å². The lowest BCUT2D eigenvalue weighted by molar-refractivity contribution is 0.0697. The summed E-state index contributed by atoms with van der Waals surface area (Å²) in [7, 11) is 2.12. The van der Waals surface area contributed by atoms with Gasteiger partial charge in [0.25, 0.3) is 0 Å². The first-order chi connectivity index (χ1) is 8.08. The predicted octanol–water partition coefficient (Wildman–Crippen LogP) is 1.45. The van der Waals surface area contributed by atoms with Gasteiger partial charge in [0, 0.05) is 31.9 Å². The van der Waals surface area contributed by atoms with Crippen molar-refractivity contribution in [2.75, 3.05) is 38.1 Å². The lowest BCUT2D eigenvalue weighted by atomic mass is 10.1. The molecular weight excluding hydrogens is 216 g/mol. The van der Waals surface area contributed by atoms with E-state index in [1.54, 1.807) is 12.1 Å². The zero-order valence-corrected chi connectivity index (χ0v) is 10.3. The number of hydrogen-bond donors (Lipinski definition) is 1. The molecule has 0 aliphatic carbocycles. The molecule has 2 rings (SSSR count). The Hall–Kier alpha value is -1.55. The van der Waals surface area contributed by atoms with Crippen molar-refractivity contribution in [3.05, 3.63) is 29.3 Å². The molecule has 92 valence electrons. The van der Waals surface area contributed by atoms with Gasteiger partial charge in [-0.2, -0.15) is 0 Å². The summed E-state index contributed by atoms with van der Waals surface area (Å²) in [5, 5.41) is 8.92. The molecule has 0 unspecified atom stereocenters. The number of benzene rings is 1. The van der Waals surface area contributed by atoms with E-state index in [1.165, 1.54) is 0 Å². The third-order valence-corrected chi connectivity index (χ3v) is 3.29. The van der Waals surface area contributed by atoms with E-state index in [2.05, 4.69) is 16.8 Å². The van der Waals surface area contributed by atoms with Gasteiger partial charge in [0.1, 0.15) is 0 Å². The Morgan fingerprint density at radius 3 is 2.41 bits per heavy atom. The van der Waals surface area contributed by atoms with Gasteiger partial charge in [0.05, 0.1) is 5.56 Å². The highest BCUT2D eigenvalue weighted by atomic mass is 16.4. The van der Waals surface area contributed by atoms with Gasteiger partial charge in [-0.3, -0.25) is 0 Å². The highest BCUT2D eigenvalue weighted by Crippen LogP contribution is 2.22. The van der Waals surface area contributed by atoms with Crippen molar-refractivity contribution in [3.63, 3.8) is 0 Å². The maximum absolute atomic E-state index is 10.9. The fourth-order valence-electron chi connectivity index (χ4n) is 2.19. The maximum atomic E-state index is 10.9. The summed E-state index contributed by atoms with van der Waals surface area (Å²) in [6.07, 6.45) is 0. The van der Waals surface area contributed by atoms with Crippen LogP contribution in [0.1, 0.15) is 15.9 Å². The number of carbonyl (C=O) groups is 1. The molecule has 1 aromatic carbocycles. The fraction of sp³-hybridized carbons (Fsp3) is 0.462. The largest absolute Gasteiger partial charge is 0.478 e. The second kappa shape index (κ2) is 4.75. The number of hydrogen-bond acceptors (Lipinski definition) is 3. The molecule has 0 spiro atoms. The third kappa shape index (κ3) is 2.58. The average Bonchev–Trinajstić information content (AvgIpc) is 2.30. The van der Waals surface area contributed by atoms with Crippen LogP contribution < -0.4 is 4.90 Å². The minimum Gasteiger partial charge on any atom is -0.478 e. The molecule has 1 heterocycles. The Bertz CT molecular complexity index is 423. The average molecular weight is 234 g/mol. The van der Waals surface area contributed by atoms with Crippen molar-refractivity contribution in [1.82, 2.24) is 4.90 Å². The quantitative estimate of drug-likeness (QED) is 0.841. The van der Waals surface area contributed by atoms with Gasteiger partial charge in [-0.05, 0) is 37.7 Å². The smallest absolute Gasteiger partial charge is 0.335 e. The molecule has 4 heteroatoms. The van der Waals surface area contributed by atoms with Crippen LogP contribution in [0.15, 0.2) is 18.2 Å².